The first-order valence-corrected chi connectivity index (χ1v) is 8.30. The summed E-state index contributed by atoms with van der Waals surface area (Å²) in [6.07, 6.45) is 2.66. The first-order chi connectivity index (χ1) is 10.1. The average molecular weight is 313 g/mol. The molecule has 0 aromatic rings. The number of hydrogen-bond acceptors (Lipinski definition) is 3. The molecule has 1 aliphatic carbocycles. The molecule has 0 aromatic heterocycles. The molecule has 2 atom stereocenters. The normalized spacial score (nSPS) is 25.9. The predicted octanol–water partition coefficient (Wildman–Crippen LogP) is 3.91. The van der Waals surface area contributed by atoms with Crippen LogP contribution in [0, 0.1) is 11.8 Å². The van der Waals surface area contributed by atoms with Crippen molar-refractivity contribution in [3.8, 4) is 0 Å². The molecule has 5 nitrogen and oxygen atoms in total. The van der Waals surface area contributed by atoms with Gasteiger partial charge in [-0.25, -0.2) is 9.59 Å². The highest BCUT2D eigenvalue weighted by atomic mass is 16.6. The Morgan fingerprint density at radius 1 is 1.32 bits per heavy atom. The highest BCUT2D eigenvalue weighted by Crippen LogP contribution is 2.43. The zero-order chi connectivity index (χ0) is 17.1. The maximum atomic E-state index is 12.6. The van der Waals surface area contributed by atoms with Crippen LogP contribution in [-0.4, -0.2) is 39.8 Å². The number of amides is 1. The fraction of sp³-hybridized carbons (Fsp3) is 0.882. The minimum absolute atomic E-state index is 0.0498. The molecule has 0 aromatic carbocycles. The minimum atomic E-state index is -1.15. The van der Waals surface area contributed by atoms with Crippen LogP contribution in [0.3, 0.4) is 0 Å². The van der Waals surface area contributed by atoms with Gasteiger partial charge in [0, 0.05) is 6.54 Å². The molecule has 2 unspecified atom stereocenters. The second-order valence-corrected chi connectivity index (χ2v) is 7.55. The summed E-state index contributed by atoms with van der Waals surface area (Å²) in [6, 6.07) is 0. The van der Waals surface area contributed by atoms with Crippen molar-refractivity contribution in [2.75, 3.05) is 6.54 Å². The lowest BCUT2D eigenvalue weighted by Crippen LogP contribution is -2.64. The van der Waals surface area contributed by atoms with Crippen molar-refractivity contribution in [3.63, 3.8) is 0 Å². The Labute approximate surface area is 134 Å². The van der Waals surface area contributed by atoms with E-state index < -0.39 is 23.2 Å². The van der Waals surface area contributed by atoms with E-state index in [0.29, 0.717) is 13.0 Å². The van der Waals surface area contributed by atoms with Gasteiger partial charge in [-0.15, -0.1) is 0 Å². The number of ether oxygens (including phenoxy) is 1. The van der Waals surface area contributed by atoms with Gasteiger partial charge in [0.25, 0.3) is 0 Å². The number of carbonyl (C=O) groups excluding carboxylic acids is 1. The van der Waals surface area contributed by atoms with Gasteiger partial charge in [-0.1, -0.05) is 26.7 Å². The molecule has 0 spiro atoms. The Morgan fingerprint density at radius 2 is 1.91 bits per heavy atom. The van der Waals surface area contributed by atoms with E-state index in [9.17, 15) is 14.7 Å². The SMILES string of the molecule is CCN(C(=O)OC(C)(C)C)C1(C(=O)O)CCCCC1C(C)C. The largest absolute Gasteiger partial charge is 0.479 e. The lowest BCUT2D eigenvalue weighted by Gasteiger charge is -2.49. The summed E-state index contributed by atoms with van der Waals surface area (Å²) in [4.78, 5) is 26.3. The fourth-order valence-corrected chi connectivity index (χ4v) is 3.67. The van der Waals surface area contributed by atoms with Crippen LogP contribution in [0.15, 0.2) is 0 Å². The first kappa shape index (κ1) is 18.8. The molecule has 1 fully saturated rings. The van der Waals surface area contributed by atoms with Crippen LogP contribution in [0.25, 0.3) is 0 Å². The molecule has 0 saturated heterocycles. The van der Waals surface area contributed by atoms with Gasteiger partial charge in [0.1, 0.15) is 11.1 Å². The molecule has 0 radical (unpaired) electrons. The molecular weight excluding hydrogens is 282 g/mol. The molecule has 5 heteroatoms. The Balaban J connectivity index is 3.24. The quantitative estimate of drug-likeness (QED) is 0.854. The molecule has 1 aliphatic rings. The van der Waals surface area contributed by atoms with E-state index in [1.54, 1.807) is 20.8 Å². The van der Waals surface area contributed by atoms with Crippen LogP contribution < -0.4 is 0 Å². The van der Waals surface area contributed by atoms with Crippen molar-refractivity contribution >= 4 is 12.1 Å². The number of carboxylic acid groups (broad SMARTS) is 1. The number of carbonyl (C=O) groups is 2. The van der Waals surface area contributed by atoms with E-state index in [2.05, 4.69) is 0 Å². The number of hydrogen-bond donors (Lipinski definition) is 1. The molecule has 1 saturated carbocycles. The third-order valence-electron chi connectivity index (χ3n) is 4.52. The third kappa shape index (κ3) is 3.73. The van der Waals surface area contributed by atoms with Crippen LogP contribution in [0.2, 0.25) is 0 Å². The summed E-state index contributed by atoms with van der Waals surface area (Å²) in [5, 5.41) is 10.0. The Bertz CT molecular complexity index is 413. The molecule has 0 aliphatic heterocycles. The van der Waals surface area contributed by atoms with Gasteiger partial charge >= 0.3 is 12.1 Å². The fourth-order valence-electron chi connectivity index (χ4n) is 3.67. The van der Waals surface area contributed by atoms with Crippen LogP contribution >= 0.6 is 0 Å². The van der Waals surface area contributed by atoms with Gasteiger partial charge < -0.3 is 9.84 Å². The maximum Gasteiger partial charge on any atom is 0.411 e. The Morgan fingerprint density at radius 3 is 2.32 bits per heavy atom. The maximum absolute atomic E-state index is 12.6. The van der Waals surface area contributed by atoms with Crippen LogP contribution in [-0.2, 0) is 9.53 Å². The minimum Gasteiger partial charge on any atom is -0.479 e. The lowest BCUT2D eigenvalue weighted by atomic mass is 9.67. The van der Waals surface area contributed by atoms with E-state index in [4.69, 9.17) is 4.74 Å². The molecular formula is C17H31NO4. The van der Waals surface area contributed by atoms with Gasteiger partial charge in [0.05, 0.1) is 0 Å². The molecule has 128 valence electrons. The standard InChI is InChI=1S/C17H31NO4/c1-7-18(15(21)22-16(4,5)6)17(14(19)20)11-9-8-10-13(17)12(2)3/h12-13H,7-11H2,1-6H3,(H,19,20). The van der Waals surface area contributed by atoms with E-state index in [1.165, 1.54) is 4.90 Å². The highest BCUT2D eigenvalue weighted by Gasteiger charge is 2.54. The van der Waals surface area contributed by atoms with Crippen molar-refractivity contribution in [1.82, 2.24) is 4.90 Å². The lowest BCUT2D eigenvalue weighted by molar-refractivity contribution is -0.160. The predicted molar refractivity (Wildman–Crippen MR) is 85.8 cm³/mol. The third-order valence-corrected chi connectivity index (χ3v) is 4.52. The second kappa shape index (κ2) is 6.88. The van der Waals surface area contributed by atoms with Crippen molar-refractivity contribution in [2.45, 2.75) is 78.4 Å². The summed E-state index contributed by atoms with van der Waals surface area (Å²) < 4.78 is 5.47. The van der Waals surface area contributed by atoms with Gasteiger partial charge in [-0.2, -0.15) is 0 Å². The molecule has 1 N–H and O–H groups in total. The molecule has 0 heterocycles. The summed E-state index contributed by atoms with van der Waals surface area (Å²) in [5.41, 5.74) is -1.78. The van der Waals surface area contributed by atoms with E-state index >= 15 is 0 Å². The molecule has 22 heavy (non-hydrogen) atoms. The van der Waals surface area contributed by atoms with E-state index in [1.807, 2.05) is 20.8 Å². The Kier molecular flexibility index (Phi) is 5.88. The summed E-state index contributed by atoms with van der Waals surface area (Å²) in [5.74, 6) is -0.752. The van der Waals surface area contributed by atoms with Gasteiger partial charge in [-0.3, -0.25) is 4.90 Å². The molecule has 0 bridgehead atoms. The van der Waals surface area contributed by atoms with Gasteiger partial charge in [0.15, 0.2) is 0 Å². The monoisotopic (exact) mass is 313 g/mol. The van der Waals surface area contributed by atoms with Crippen LogP contribution in [0.5, 0.6) is 0 Å². The summed E-state index contributed by atoms with van der Waals surface area (Å²) in [6.45, 7) is 11.6. The zero-order valence-electron chi connectivity index (χ0n) is 14.8. The van der Waals surface area contributed by atoms with Crippen molar-refractivity contribution in [3.05, 3.63) is 0 Å². The molecule has 1 amide bonds. The first-order valence-electron chi connectivity index (χ1n) is 8.30. The number of nitrogens with zero attached hydrogens (tertiary/aromatic N) is 1. The topological polar surface area (TPSA) is 66.8 Å². The van der Waals surface area contributed by atoms with E-state index in [-0.39, 0.29) is 11.8 Å². The Hall–Kier alpha value is -1.26. The van der Waals surface area contributed by atoms with E-state index in [0.717, 1.165) is 19.3 Å². The van der Waals surface area contributed by atoms with Gasteiger partial charge in [0.2, 0.25) is 0 Å². The molecule has 1 rings (SSSR count). The smallest absolute Gasteiger partial charge is 0.411 e. The average Bonchev–Trinajstić information content (AvgIpc) is 2.37. The summed E-state index contributed by atoms with van der Waals surface area (Å²) >= 11 is 0. The van der Waals surface area contributed by atoms with Crippen LogP contribution in [0.4, 0.5) is 4.79 Å². The number of carboxylic acids is 1. The van der Waals surface area contributed by atoms with Crippen LogP contribution in [0.1, 0.15) is 67.2 Å². The number of likely N-dealkylation sites (N-methyl/N-ethyl adjacent to an activating group) is 1. The highest BCUT2D eigenvalue weighted by molar-refractivity contribution is 5.85. The second-order valence-electron chi connectivity index (χ2n) is 7.55. The van der Waals surface area contributed by atoms with Crippen molar-refractivity contribution < 1.29 is 19.4 Å². The number of aliphatic carboxylic acids is 1. The van der Waals surface area contributed by atoms with Crippen molar-refractivity contribution in [2.24, 2.45) is 11.8 Å². The van der Waals surface area contributed by atoms with Gasteiger partial charge in [-0.05, 0) is 52.4 Å². The zero-order valence-corrected chi connectivity index (χ0v) is 14.8. The number of rotatable bonds is 4. The van der Waals surface area contributed by atoms with Crippen molar-refractivity contribution in [1.29, 1.82) is 0 Å². The summed E-state index contributed by atoms with van der Waals surface area (Å²) in [7, 11) is 0.